The third-order valence-electron chi connectivity index (χ3n) is 1.49. The molecule has 1 atom stereocenters. The van der Waals surface area contributed by atoms with Crippen LogP contribution in [0.5, 0.6) is 0 Å². The Morgan fingerprint density at radius 3 is 2.82 bits per heavy atom. The normalized spacial score (nSPS) is 12.5. The van der Waals surface area contributed by atoms with E-state index in [-0.39, 0.29) is 11.9 Å². The van der Waals surface area contributed by atoms with E-state index in [0.29, 0.717) is 13.0 Å². The Labute approximate surface area is 68.2 Å². The lowest BCUT2D eigenvalue weighted by Crippen LogP contribution is -2.19. The molecule has 0 aromatic rings. The third kappa shape index (κ3) is 4.73. The zero-order valence-corrected chi connectivity index (χ0v) is 7.30. The second-order valence-corrected chi connectivity index (χ2v) is 2.41. The first-order chi connectivity index (χ1) is 5.22. The van der Waals surface area contributed by atoms with Crippen LogP contribution in [0.25, 0.3) is 0 Å². The van der Waals surface area contributed by atoms with Gasteiger partial charge in [-0.05, 0) is 13.3 Å². The van der Waals surface area contributed by atoms with Gasteiger partial charge in [0, 0.05) is 6.42 Å². The predicted molar refractivity (Wildman–Crippen MR) is 45.5 cm³/mol. The second kappa shape index (κ2) is 6.10. The van der Waals surface area contributed by atoms with E-state index in [9.17, 15) is 4.79 Å². The average Bonchev–Trinajstić information content (AvgIpc) is 2.03. The van der Waals surface area contributed by atoms with Crippen LogP contribution in [0.2, 0.25) is 0 Å². The molecule has 0 saturated carbocycles. The van der Waals surface area contributed by atoms with E-state index < -0.39 is 0 Å². The zero-order chi connectivity index (χ0) is 8.69. The van der Waals surface area contributed by atoms with Crippen molar-refractivity contribution in [1.29, 1.82) is 0 Å². The van der Waals surface area contributed by atoms with Gasteiger partial charge < -0.3 is 4.74 Å². The summed E-state index contributed by atoms with van der Waals surface area (Å²) in [5.41, 5.74) is 0. The predicted octanol–water partition coefficient (Wildman–Crippen LogP) is 1.95. The highest BCUT2D eigenvalue weighted by molar-refractivity contribution is 5.82. The van der Waals surface area contributed by atoms with Crippen LogP contribution in [0.1, 0.15) is 26.7 Å². The summed E-state index contributed by atoms with van der Waals surface area (Å²) in [4.78, 5) is 11.0. The number of rotatable bonds is 6. The van der Waals surface area contributed by atoms with Gasteiger partial charge in [-0.3, -0.25) is 4.79 Å². The number of ether oxygens (including phenoxy) is 1. The quantitative estimate of drug-likeness (QED) is 0.434. The minimum absolute atomic E-state index is 0.161. The fourth-order valence-electron chi connectivity index (χ4n) is 0.709. The smallest absolute Gasteiger partial charge is 0.160 e. The van der Waals surface area contributed by atoms with Crippen molar-refractivity contribution in [3.8, 4) is 0 Å². The molecule has 0 bridgehead atoms. The van der Waals surface area contributed by atoms with E-state index in [0.717, 1.165) is 6.42 Å². The third-order valence-corrected chi connectivity index (χ3v) is 1.49. The number of ketones is 1. The Bertz CT molecular complexity index is 130. The molecule has 64 valence electrons. The van der Waals surface area contributed by atoms with Gasteiger partial charge in [0.2, 0.25) is 0 Å². The van der Waals surface area contributed by atoms with Crippen LogP contribution < -0.4 is 0 Å². The highest BCUT2D eigenvalue weighted by Crippen LogP contribution is 1.97. The molecule has 0 aromatic heterocycles. The van der Waals surface area contributed by atoms with Crippen molar-refractivity contribution < 1.29 is 9.53 Å². The Morgan fingerprint density at radius 1 is 1.73 bits per heavy atom. The molecule has 0 heterocycles. The molecule has 11 heavy (non-hydrogen) atoms. The Balaban J connectivity index is 3.43. The van der Waals surface area contributed by atoms with Crippen LogP contribution in [0.15, 0.2) is 12.7 Å². The van der Waals surface area contributed by atoms with Gasteiger partial charge >= 0.3 is 0 Å². The van der Waals surface area contributed by atoms with Gasteiger partial charge in [0.1, 0.15) is 6.10 Å². The monoisotopic (exact) mass is 156 g/mol. The standard InChI is InChI=1S/C9H16O2/c1-4-6-7-11-8(3)9(10)5-2/h4,8H,1,5-7H2,2-3H3. The van der Waals surface area contributed by atoms with Gasteiger partial charge in [-0.25, -0.2) is 0 Å². The van der Waals surface area contributed by atoms with Gasteiger partial charge in [0.05, 0.1) is 6.61 Å². The maximum atomic E-state index is 11.0. The molecule has 0 fully saturated rings. The van der Waals surface area contributed by atoms with E-state index in [4.69, 9.17) is 4.74 Å². The summed E-state index contributed by atoms with van der Waals surface area (Å²) in [5, 5.41) is 0. The van der Waals surface area contributed by atoms with Crippen molar-refractivity contribution in [2.45, 2.75) is 32.8 Å². The maximum absolute atomic E-state index is 11.0. The van der Waals surface area contributed by atoms with Crippen LogP contribution in [-0.2, 0) is 9.53 Å². The summed E-state index contributed by atoms with van der Waals surface area (Å²) in [6, 6.07) is 0. The molecule has 0 N–H and O–H groups in total. The Kier molecular flexibility index (Phi) is 5.75. The SMILES string of the molecule is C=CCCOC(C)C(=O)CC. The number of Topliss-reactive ketones (excluding diaryl/α,β-unsaturated/α-hetero) is 1. The maximum Gasteiger partial charge on any atom is 0.160 e. The lowest BCUT2D eigenvalue weighted by molar-refractivity contribution is -0.129. The molecule has 2 heteroatoms. The molecule has 0 rings (SSSR count). The first-order valence-electron chi connectivity index (χ1n) is 3.97. The highest BCUT2D eigenvalue weighted by atomic mass is 16.5. The van der Waals surface area contributed by atoms with E-state index in [1.165, 1.54) is 0 Å². The molecule has 0 radical (unpaired) electrons. The lowest BCUT2D eigenvalue weighted by Gasteiger charge is -2.08. The van der Waals surface area contributed by atoms with Crippen molar-refractivity contribution in [3.63, 3.8) is 0 Å². The van der Waals surface area contributed by atoms with Crippen LogP contribution in [0.3, 0.4) is 0 Å². The van der Waals surface area contributed by atoms with Crippen LogP contribution >= 0.6 is 0 Å². The number of hydrogen-bond acceptors (Lipinski definition) is 2. The summed E-state index contributed by atoms with van der Waals surface area (Å²) in [7, 11) is 0. The number of carbonyl (C=O) groups is 1. The topological polar surface area (TPSA) is 26.3 Å². The molecule has 0 aliphatic rings. The Hall–Kier alpha value is -0.630. The van der Waals surface area contributed by atoms with Gasteiger partial charge in [-0.1, -0.05) is 13.0 Å². The zero-order valence-electron chi connectivity index (χ0n) is 7.30. The molecule has 0 saturated heterocycles. The van der Waals surface area contributed by atoms with E-state index in [2.05, 4.69) is 6.58 Å². The minimum Gasteiger partial charge on any atom is -0.370 e. The average molecular weight is 156 g/mol. The van der Waals surface area contributed by atoms with Gasteiger partial charge in [0.15, 0.2) is 5.78 Å². The van der Waals surface area contributed by atoms with Gasteiger partial charge in [-0.15, -0.1) is 6.58 Å². The van der Waals surface area contributed by atoms with Crippen LogP contribution in [0.4, 0.5) is 0 Å². The highest BCUT2D eigenvalue weighted by Gasteiger charge is 2.09. The molecule has 0 aliphatic heterocycles. The van der Waals surface area contributed by atoms with Gasteiger partial charge in [0.25, 0.3) is 0 Å². The molecule has 0 aliphatic carbocycles. The van der Waals surface area contributed by atoms with E-state index in [1.54, 1.807) is 13.0 Å². The molecule has 2 nitrogen and oxygen atoms in total. The van der Waals surface area contributed by atoms with Gasteiger partial charge in [-0.2, -0.15) is 0 Å². The van der Waals surface area contributed by atoms with Crippen molar-refractivity contribution in [2.75, 3.05) is 6.61 Å². The van der Waals surface area contributed by atoms with Crippen LogP contribution in [0, 0.1) is 0 Å². The van der Waals surface area contributed by atoms with Crippen molar-refractivity contribution in [1.82, 2.24) is 0 Å². The van der Waals surface area contributed by atoms with Crippen molar-refractivity contribution in [3.05, 3.63) is 12.7 Å². The summed E-state index contributed by atoms with van der Waals surface area (Å²) < 4.78 is 5.21. The summed E-state index contributed by atoms with van der Waals surface area (Å²) in [6.45, 7) is 7.78. The first-order valence-corrected chi connectivity index (χ1v) is 3.97. The van der Waals surface area contributed by atoms with E-state index in [1.807, 2.05) is 6.92 Å². The fourth-order valence-corrected chi connectivity index (χ4v) is 0.709. The Morgan fingerprint density at radius 2 is 2.36 bits per heavy atom. The lowest BCUT2D eigenvalue weighted by atomic mass is 10.2. The minimum atomic E-state index is -0.250. The summed E-state index contributed by atoms with van der Waals surface area (Å²) in [5.74, 6) is 0.161. The second-order valence-electron chi connectivity index (χ2n) is 2.41. The molecule has 0 aromatic carbocycles. The molecule has 0 spiro atoms. The number of carbonyl (C=O) groups excluding carboxylic acids is 1. The summed E-state index contributed by atoms with van der Waals surface area (Å²) >= 11 is 0. The molecular weight excluding hydrogens is 140 g/mol. The summed E-state index contributed by atoms with van der Waals surface area (Å²) in [6.07, 6.45) is 2.89. The number of hydrogen-bond donors (Lipinski definition) is 0. The molecule has 0 amide bonds. The van der Waals surface area contributed by atoms with Crippen molar-refractivity contribution >= 4 is 5.78 Å². The van der Waals surface area contributed by atoms with Crippen LogP contribution in [-0.4, -0.2) is 18.5 Å². The fraction of sp³-hybridized carbons (Fsp3) is 0.667. The molecule has 1 unspecified atom stereocenters. The largest absolute Gasteiger partial charge is 0.370 e. The van der Waals surface area contributed by atoms with Crippen molar-refractivity contribution in [2.24, 2.45) is 0 Å². The van der Waals surface area contributed by atoms with E-state index >= 15 is 0 Å². The first kappa shape index (κ1) is 10.4. The molecular formula is C9H16O2.